The summed E-state index contributed by atoms with van der Waals surface area (Å²) in [5.74, 6) is 1.80. The summed E-state index contributed by atoms with van der Waals surface area (Å²) < 4.78 is 7.32. The van der Waals surface area contributed by atoms with Crippen LogP contribution in [0, 0.1) is 0 Å². The third-order valence-electron chi connectivity index (χ3n) is 4.97. The lowest BCUT2D eigenvalue weighted by Gasteiger charge is -2.35. The highest BCUT2D eigenvalue weighted by Crippen LogP contribution is 2.27. The van der Waals surface area contributed by atoms with Gasteiger partial charge in [0.2, 0.25) is 0 Å². The Morgan fingerprint density at radius 2 is 1.92 bits per heavy atom. The molecule has 2 aromatic heterocycles. The molecule has 0 atom stereocenters. The standard InChI is InChI=1S/C20H22N4O2/c1-22-14-17(16-13-15(26-2)6-7-18(16)22)20(25)24-11-9-23(10-12-24)19-5-3-4-8-21-19/h3-8,13-14H,9-12H2,1-2H3. The number of carbonyl (C=O) groups is 1. The number of amides is 1. The molecule has 3 heterocycles. The van der Waals surface area contributed by atoms with E-state index in [0.717, 1.165) is 41.1 Å². The molecule has 1 aliphatic rings. The number of methoxy groups -OCH3 is 1. The summed E-state index contributed by atoms with van der Waals surface area (Å²) >= 11 is 0. The molecule has 1 aromatic carbocycles. The van der Waals surface area contributed by atoms with E-state index in [1.165, 1.54) is 0 Å². The minimum atomic E-state index is 0.0736. The monoisotopic (exact) mass is 350 g/mol. The first kappa shape index (κ1) is 16.4. The molecule has 0 radical (unpaired) electrons. The zero-order valence-electron chi connectivity index (χ0n) is 15.1. The normalized spacial score (nSPS) is 14.7. The van der Waals surface area contributed by atoms with Crippen molar-refractivity contribution in [2.24, 2.45) is 7.05 Å². The van der Waals surface area contributed by atoms with Crippen LogP contribution in [0.25, 0.3) is 10.9 Å². The number of aryl methyl sites for hydroxylation is 1. The van der Waals surface area contributed by atoms with E-state index in [2.05, 4.69) is 9.88 Å². The molecule has 4 rings (SSSR count). The number of carbonyl (C=O) groups excluding carboxylic acids is 1. The number of nitrogens with zero attached hydrogens (tertiary/aromatic N) is 4. The van der Waals surface area contributed by atoms with Crippen molar-refractivity contribution in [2.45, 2.75) is 0 Å². The maximum atomic E-state index is 13.1. The van der Waals surface area contributed by atoms with Crippen molar-refractivity contribution in [1.82, 2.24) is 14.5 Å². The second-order valence-corrected chi connectivity index (χ2v) is 6.50. The Kier molecular flexibility index (Phi) is 4.24. The quantitative estimate of drug-likeness (QED) is 0.728. The SMILES string of the molecule is COc1ccc2c(c1)c(C(=O)N1CCN(c3ccccn3)CC1)cn2C. The molecule has 0 unspecified atom stereocenters. The molecule has 6 heteroatoms. The average molecular weight is 350 g/mol. The molecule has 0 N–H and O–H groups in total. The summed E-state index contributed by atoms with van der Waals surface area (Å²) in [6.45, 7) is 2.96. The van der Waals surface area contributed by atoms with E-state index < -0.39 is 0 Å². The zero-order chi connectivity index (χ0) is 18.1. The number of fused-ring (bicyclic) bond motifs is 1. The van der Waals surface area contributed by atoms with Gasteiger partial charge in [-0.2, -0.15) is 0 Å². The van der Waals surface area contributed by atoms with Crippen molar-refractivity contribution in [1.29, 1.82) is 0 Å². The molecule has 0 spiro atoms. The van der Waals surface area contributed by atoms with Crippen molar-refractivity contribution in [3.63, 3.8) is 0 Å². The van der Waals surface area contributed by atoms with Crippen LogP contribution in [0.4, 0.5) is 5.82 Å². The number of hydrogen-bond acceptors (Lipinski definition) is 4. The predicted molar refractivity (Wildman–Crippen MR) is 102 cm³/mol. The molecule has 1 aliphatic heterocycles. The number of aromatic nitrogens is 2. The van der Waals surface area contributed by atoms with Gasteiger partial charge in [0.05, 0.1) is 12.7 Å². The third-order valence-corrected chi connectivity index (χ3v) is 4.97. The summed E-state index contributed by atoms with van der Waals surface area (Å²) in [5, 5.41) is 0.934. The topological polar surface area (TPSA) is 50.6 Å². The predicted octanol–water partition coefficient (Wildman–Crippen LogP) is 2.54. The summed E-state index contributed by atoms with van der Waals surface area (Å²) in [7, 11) is 3.60. The minimum Gasteiger partial charge on any atom is -0.497 e. The van der Waals surface area contributed by atoms with Gasteiger partial charge in [-0.3, -0.25) is 4.79 Å². The van der Waals surface area contributed by atoms with Crippen LogP contribution in [0.3, 0.4) is 0 Å². The van der Waals surface area contributed by atoms with Crippen molar-refractivity contribution >= 4 is 22.6 Å². The number of hydrogen-bond donors (Lipinski definition) is 0. The Balaban J connectivity index is 1.55. The smallest absolute Gasteiger partial charge is 0.256 e. The molecule has 26 heavy (non-hydrogen) atoms. The summed E-state index contributed by atoms with van der Waals surface area (Å²) in [6, 6.07) is 11.8. The molecule has 1 amide bonds. The van der Waals surface area contributed by atoms with Crippen molar-refractivity contribution in [3.05, 3.63) is 54.4 Å². The van der Waals surface area contributed by atoms with Gasteiger partial charge in [0.15, 0.2) is 0 Å². The molecule has 1 fully saturated rings. The van der Waals surface area contributed by atoms with Gasteiger partial charge in [-0.05, 0) is 30.3 Å². The number of anilines is 1. The first-order valence-corrected chi connectivity index (χ1v) is 8.75. The van der Waals surface area contributed by atoms with Crippen LogP contribution in [-0.4, -0.2) is 53.6 Å². The van der Waals surface area contributed by atoms with Gasteiger partial charge in [0.1, 0.15) is 11.6 Å². The lowest BCUT2D eigenvalue weighted by Crippen LogP contribution is -2.49. The first-order valence-electron chi connectivity index (χ1n) is 8.75. The Hall–Kier alpha value is -3.02. The number of benzene rings is 1. The summed E-state index contributed by atoms with van der Waals surface area (Å²) in [6.07, 6.45) is 3.72. The highest BCUT2D eigenvalue weighted by molar-refractivity contribution is 6.07. The second-order valence-electron chi connectivity index (χ2n) is 6.50. The fraction of sp³-hybridized carbons (Fsp3) is 0.300. The highest BCUT2D eigenvalue weighted by atomic mass is 16.5. The van der Waals surface area contributed by atoms with Crippen LogP contribution >= 0.6 is 0 Å². The van der Waals surface area contributed by atoms with Crippen LogP contribution in [0.15, 0.2) is 48.8 Å². The summed E-state index contributed by atoms with van der Waals surface area (Å²) in [4.78, 5) is 21.6. The lowest BCUT2D eigenvalue weighted by molar-refractivity contribution is 0.0748. The van der Waals surface area contributed by atoms with E-state index in [1.807, 2.05) is 59.1 Å². The number of pyridine rings is 1. The van der Waals surface area contributed by atoms with Crippen molar-refractivity contribution in [3.8, 4) is 5.75 Å². The summed E-state index contributed by atoms with van der Waals surface area (Å²) in [5.41, 5.74) is 1.76. The lowest BCUT2D eigenvalue weighted by atomic mass is 10.1. The Morgan fingerprint density at radius 1 is 1.12 bits per heavy atom. The van der Waals surface area contributed by atoms with E-state index in [-0.39, 0.29) is 5.91 Å². The van der Waals surface area contributed by atoms with Crippen molar-refractivity contribution in [2.75, 3.05) is 38.2 Å². The van der Waals surface area contributed by atoms with Crippen LogP contribution in [0.5, 0.6) is 5.75 Å². The van der Waals surface area contributed by atoms with E-state index in [4.69, 9.17) is 4.74 Å². The fourth-order valence-corrected chi connectivity index (χ4v) is 3.52. The number of ether oxygens (including phenoxy) is 1. The first-order chi connectivity index (χ1) is 12.7. The fourth-order valence-electron chi connectivity index (χ4n) is 3.52. The van der Waals surface area contributed by atoms with Crippen LogP contribution in [0.2, 0.25) is 0 Å². The van der Waals surface area contributed by atoms with Crippen LogP contribution in [0.1, 0.15) is 10.4 Å². The largest absolute Gasteiger partial charge is 0.497 e. The van der Waals surface area contributed by atoms with Gasteiger partial charge in [-0.15, -0.1) is 0 Å². The third kappa shape index (κ3) is 2.87. The number of rotatable bonds is 3. The molecular formula is C20H22N4O2. The van der Waals surface area contributed by atoms with Gasteiger partial charge >= 0.3 is 0 Å². The highest BCUT2D eigenvalue weighted by Gasteiger charge is 2.25. The van der Waals surface area contributed by atoms with Gasteiger partial charge in [0, 0.05) is 56.5 Å². The van der Waals surface area contributed by atoms with Crippen molar-refractivity contribution < 1.29 is 9.53 Å². The average Bonchev–Trinajstić information content (AvgIpc) is 3.04. The maximum absolute atomic E-state index is 13.1. The van der Waals surface area contributed by atoms with E-state index >= 15 is 0 Å². The second kappa shape index (κ2) is 6.71. The van der Waals surface area contributed by atoms with Crippen LogP contribution < -0.4 is 9.64 Å². The molecule has 134 valence electrons. The van der Waals surface area contributed by atoms with E-state index in [1.54, 1.807) is 13.3 Å². The molecule has 6 nitrogen and oxygen atoms in total. The molecule has 0 bridgehead atoms. The molecule has 1 saturated heterocycles. The molecule has 0 saturated carbocycles. The van der Waals surface area contributed by atoms with E-state index in [9.17, 15) is 4.79 Å². The number of piperazine rings is 1. The van der Waals surface area contributed by atoms with Gasteiger partial charge in [-0.1, -0.05) is 6.07 Å². The van der Waals surface area contributed by atoms with Gasteiger partial charge < -0.3 is 19.1 Å². The van der Waals surface area contributed by atoms with Gasteiger partial charge in [0.25, 0.3) is 5.91 Å². The molecular weight excluding hydrogens is 328 g/mol. The zero-order valence-corrected chi connectivity index (χ0v) is 15.1. The molecule has 0 aliphatic carbocycles. The minimum absolute atomic E-state index is 0.0736. The maximum Gasteiger partial charge on any atom is 0.256 e. The Bertz CT molecular complexity index is 928. The Labute approximate surface area is 152 Å². The van der Waals surface area contributed by atoms with Gasteiger partial charge in [-0.25, -0.2) is 4.98 Å². The molecule has 3 aromatic rings. The van der Waals surface area contributed by atoms with Crippen LogP contribution in [-0.2, 0) is 7.05 Å². The van der Waals surface area contributed by atoms with E-state index in [0.29, 0.717) is 13.1 Å². The Morgan fingerprint density at radius 3 is 2.62 bits per heavy atom.